The van der Waals surface area contributed by atoms with E-state index in [0.717, 1.165) is 5.75 Å². The smallest absolute Gasteiger partial charge is 0.407 e. The molecule has 0 aliphatic rings. The zero-order chi connectivity index (χ0) is 19.4. The van der Waals surface area contributed by atoms with Crippen molar-refractivity contribution in [2.24, 2.45) is 4.99 Å². The van der Waals surface area contributed by atoms with Crippen LogP contribution < -0.4 is 16.0 Å². The molecule has 3 N–H and O–H groups in total. The molecule has 0 radical (unpaired) electrons. The Kier molecular flexibility index (Phi) is 13.2. The van der Waals surface area contributed by atoms with Crippen LogP contribution in [-0.2, 0) is 10.5 Å². The first-order valence-corrected chi connectivity index (χ1v) is 9.70. The van der Waals surface area contributed by atoms with Gasteiger partial charge in [0.2, 0.25) is 0 Å². The van der Waals surface area contributed by atoms with Gasteiger partial charge in [-0.05, 0) is 32.4 Å². The van der Waals surface area contributed by atoms with Gasteiger partial charge in [0, 0.05) is 38.2 Å². The van der Waals surface area contributed by atoms with Crippen LogP contribution in [0.3, 0.4) is 0 Å². The molecular formula is C18H30FIN4O2S. The molecule has 0 saturated heterocycles. The van der Waals surface area contributed by atoms with E-state index < -0.39 is 11.7 Å². The van der Waals surface area contributed by atoms with Gasteiger partial charge in [-0.15, -0.1) is 24.0 Å². The van der Waals surface area contributed by atoms with E-state index in [1.54, 1.807) is 30.9 Å². The van der Waals surface area contributed by atoms with Gasteiger partial charge in [0.05, 0.1) is 0 Å². The molecule has 0 aliphatic heterocycles. The van der Waals surface area contributed by atoms with Crippen LogP contribution >= 0.6 is 35.7 Å². The number of halogens is 2. The Labute approximate surface area is 182 Å². The lowest BCUT2D eigenvalue weighted by Gasteiger charge is -2.19. The van der Waals surface area contributed by atoms with Gasteiger partial charge in [-0.1, -0.05) is 18.2 Å². The normalized spacial score (nSPS) is 11.4. The number of guanidine groups is 1. The topological polar surface area (TPSA) is 74.8 Å². The van der Waals surface area contributed by atoms with Crippen LogP contribution in [0.2, 0.25) is 0 Å². The van der Waals surface area contributed by atoms with Crippen LogP contribution in [0, 0.1) is 5.82 Å². The predicted molar refractivity (Wildman–Crippen MR) is 122 cm³/mol. The van der Waals surface area contributed by atoms with Gasteiger partial charge < -0.3 is 20.7 Å². The number of hydrogen-bond acceptors (Lipinski definition) is 4. The highest BCUT2D eigenvalue weighted by Crippen LogP contribution is 2.14. The molecule has 0 saturated carbocycles. The third-order valence-electron chi connectivity index (χ3n) is 3.06. The van der Waals surface area contributed by atoms with E-state index >= 15 is 0 Å². The van der Waals surface area contributed by atoms with Crippen LogP contribution in [0.1, 0.15) is 26.3 Å². The molecule has 1 aromatic carbocycles. The lowest BCUT2D eigenvalue weighted by molar-refractivity contribution is 0.0529. The third-order valence-corrected chi connectivity index (χ3v) is 4.07. The average molecular weight is 512 g/mol. The summed E-state index contributed by atoms with van der Waals surface area (Å²) in [7, 11) is 1.68. The quantitative estimate of drug-likeness (QED) is 0.216. The lowest BCUT2D eigenvalue weighted by atomic mass is 10.2. The van der Waals surface area contributed by atoms with E-state index in [0.29, 0.717) is 36.9 Å². The molecule has 0 bridgehead atoms. The van der Waals surface area contributed by atoms with Gasteiger partial charge in [0.25, 0.3) is 0 Å². The van der Waals surface area contributed by atoms with E-state index in [1.165, 1.54) is 6.07 Å². The van der Waals surface area contributed by atoms with Gasteiger partial charge in [0.15, 0.2) is 5.96 Å². The molecule has 0 aliphatic carbocycles. The van der Waals surface area contributed by atoms with Crippen LogP contribution in [0.4, 0.5) is 9.18 Å². The number of nitrogens with zero attached hydrogens (tertiary/aromatic N) is 1. The summed E-state index contributed by atoms with van der Waals surface area (Å²) in [5, 5.41) is 8.95. The number of amides is 1. The zero-order valence-corrected chi connectivity index (χ0v) is 19.4. The molecule has 1 aromatic rings. The van der Waals surface area contributed by atoms with Gasteiger partial charge >= 0.3 is 6.09 Å². The minimum absolute atomic E-state index is 0. The lowest BCUT2D eigenvalue weighted by Crippen LogP contribution is -2.43. The summed E-state index contributed by atoms with van der Waals surface area (Å²) >= 11 is 1.65. The first-order valence-electron chi connectivity index (χ1n) is 8.54. The Morgan fingerprint density at radius 2 is 1.78 bits per heavy atom. The monoisotopic (exact) mass is 512 g/mol. The highest BCUT2D eigenvalue weighted by molar-refractivity contribution is 14.0. The number of carbonyl (C=O) groups excluding carboxylic acids is 1. The van der Waals surface area contributed by atoms with Crippen molar-refractivity contribution >= 4 is 47.8 Å². The number of aliphatic imine (C=N–C) groups is 1. The van der Waals surface area contributed by atoms with E-state index in [9.17, 15) is 9.18 Å². The van der Waals surface area contributed by atoms with Crippen molar-refractivity contribution in [2.45, 2.75) is 32.1 Å². The Balaban J connectivity index is 0.00000676. The fourth-order valence-electron chi connectivity index (χ4n) is 1.92. The molecule has 0 atom stereocenters. The highest BCUT2D eigenvalue weighted by atomic mass is 127. The molecule has 154 valence electrons. The maximum atomic E-state index is 13.5. The second-order valence-corrected chi connectivity index (χ2v) is 7.60. The van der Waals surface area contributed by atoms with Gasteiger partial charge in [-0.3, -0.25) is 4.99 Å². The van der Waals surface area contributed by atoms with Crippen molar-refractivity contribution in [3.05, 3.63) is 35.6 Å². The molecule has 0 fully saturated rings. The number of thioether (sulfide) groups is 1. The Hall–Kier alpha value is -1.23. The molecular weight excluding hydrogens is 482 g/mol. The van der Waals surface area contributed by atoms with E-state index in [2.05, 4.69) is 20.9 Å². The number of carbonyl (C=O) groups is 1. The first kappa shape index (κ1) is 25.8. The largest absolute Gasteiger partial charge is 0.444 e. The molecule has 0 spiro atoms. The number of ether oxygens (including phenoxy) is 1. The van der Waals surface area contributed by atoms with Gasteiger partial charge in [-0.2, -0.15) is 11.8 Å². The molecule has 0 unspecified atom stereocenters. The van der Waals surface area contributed by atoms with Gasteiger partial charge in [0.1, 0.15) is 11.4 Å². The summed E-state index contributed by atoms with van der Waals surface area (Å²) in [6.45, 7) is 7.12. The molecule has 6 nitrogen and oxygen atoms in total. The van der Waals surface area contributed by atoms with Crippen molar-refractivity contribution in [3.63, 3.8) is 0 Å². The molecule has 9 heteroatoms. The van der Waals surface area contributed by atoms with Crippen molar-refractivity contribution in [1.82, 2.24) is 16.0 Å². The minimum atomic E-state index is -0.505. The molecule has 0 heterocycles. The Bertz CT molecular complexity index is 597. The van der Waals surface area contributed by atoms with Crippen LogP contribution in [0.15, 0.2) is 29.3 Å². The highest BCUT2D eigenvalue weighted by Gasteiger charge is 2.15. The molecule has 0 aromatic heterocycles. The zero-order valence-electron chi connectivity index (χ0n) is 16.3. The van der Waals surface area contributed by atoms with E-state index in [-0.39, 0.29) is 29.8 Å². The van der Waals surface area contributed by atoms with Crippen LogP contribution in [0.5, 0.6) is 0 Å². The second-order valence-electron chi connectivity index (χ2n) is 6.50. The van der Waals surface area contributed by atoms with Crippen molar-refractivity contribution in [3.8, 4) is 0 Å². The summed E-state index contributed by atoms with van der Waals surface area (Å²) < 4.78 is 18.7. The fourth-order valence-corrected chi connectivity index (χ4v) is 2.76. The van der Waals surface area contributed by atoms with E-state index in [4.69, 9.17) is 4.74 Å². The SMILES string of the molecule is CN=C(NCCNC(=O)OC(C)(C)C)NCCSCc1ccccc1F.I. The third kappa shape index (κ3) is 12.7. The van der Waals surface area contributed by atoms with Crippen LogP contribution in [-0.4, -0.2) is 50.1 Å². The summed E-state index contributed by atoms with van der Waals surface area (Å²) in [6, 6.07) is 6.81. The number of alkyl carbamates (subject to hydrolysis) is 1. The minimum Gasteiger partial charge on any atom is -0.444 e. The molecule has 1 amide bonds. The van der Waals surface area contributed by atoms with Crippen molar-refractivity contribution in [1.29, 1.82) is 0 Å². The predicted octanol–water partition coefficient (Wildman–Crippen LogP) is 3.37. The molecule has 1 rings (SSSR count). The average Bonchev–Trinajstić information content (AvgIpc) is 2.56. The summed E-state index contributed by atoms with van der Waals surface area (Å²) in [4.78, 5) is 15.6. The number of nitrogens with one attached hydrogen (secondary N) is 3. The van der Waals surface area contributed by atoms with Gasteiger partial charge in [-0.25, -0.2) is 9.18 Å². The maximum Gasteiger partial charge on any atom is 0.407 e. The standard InChI is InChI=1S/C18H29FN4O2S.HI/c1-18(2,3)25-17(24)23-10-9-21-16(20-4)22-11-12-26-13-14-7-5-6-8-15(14)19;/h5-8H,9-13H2,1-4H3,(H,23,24)(H2,20,21,22);1H. The summed E-state index contributed by atoms with van der Waals surface area (Å²) in [5.41, 5.74) is 0.211. The fraction of sp³-hybridized carbons (Fsp3) is 0.556. The van der Waals surface area contributed by atoms with Crippen molar-refractivity contribution in [2.75, 3.05) is 32.4 Å². The van der Waals surface area contributed by atoms with Crippen LogP contribution in [0.25, 0.3) is 0 Å². The van der Waals surface area contributed by atoms with Crippen molar-refractivity contribution < 1.29 is 13.9 Å². The number of hydrogen-bond donors (Lipinski definition) is 3. The first-order chi connectivity index (χ1) is 12.3. The molecule has 27 heavy (non-hydrogen) atoms. The Morgan fingerprint density at radius 1 is 1.15 bits per heavy atom. The summed E-state index contributed by atoms with van der Waals surface area (Å²) in [5.74, 6) is 1.95. The number of rotatable bonds is 8. The van der Waals surface area contributed by atoms with E-state index in [1.807, 2.05) is 26.8 Å². The Morgan fingerprint density at radius 3 is 2.41 bits per heavy atom. The maximum absolute atomic E-state index is 13.5. The summed E-state index contributed by atoms with van der Waals surface area (Å²) in [6.07, 6.45) is -0.438. The second kappa shape index (κ2) is 13.9. The number of benzene rings is 1.